The fraction of sp³-hybridized carbons (Fsp3) is 0.304. The molecule has 6 nitrogen and oxygen atoms in total. The number of piperidine rings is 1. The lowest BCUT2D eigenvalue weighted by atomic mass is 9.95. The Morgan fingerprint density at radius 2 is 1.83 bits per heavy atom. The van der Waals surface area contributed by atoms with E-state index in [9.17, 15) is 9.90 Å². The van der Waals surface area contributed by atoms with Crippen LogP contribution in [0.1, 0.15) is 41.6 Å². The van der Waals surface area contributed by atoms with Gasteiger partial charge in [0, 0.05) is 31.2 Å². The van der Waals surface area contributed by atoms with Gasteiger partial charge in [0.05, 0.1) is 5.56 Å². The van der Waals surface area contributed by atoms with Gasteiger partial charge < -0.3 is 10.0 Å². The van der Waals surface area contributed by atoms with Crippen LogP contribution in [0.2, 0.25) is 0 Å². The van der Waals surface area contributed by atoms with Crippen molar-refractivity contribution in [3.63, 3.8) is 0 Å². The highest BCUT2D eigenvalue weighted by Gasteiger charge is 2.27. The van der Waals surface area contributed by atoms with Gasteiger partial charge in [0.25, 0.3) is 5.91 Å². The van der Waals surface area contributed by atoms with Crippen LogP contribution in [0.3, 0.4) is 0 Å². The van der Waals surface area contributed by atoms with Crippen LogP contribution in [0.25, 0.3) is 11.5 Å². The molecule has 148 valence electrons. The molecule has 1 fully saturated rings. The fourth-order valence-electron chi connectivity index (χ4n) is 3.80. The molecule has 4 rings (SSSR count). The third-order valence-corrected chi connectivity index (χ3v) is 5.38. The first-order valence-electron chi connectivity index (χ1n) is 10.0. The third kappa shape index (κ3) is 4.59. The molecule has 0 bridgehead atoms. The summed E-state index contributed by atoms with van der Waals surface area (Å²) in [5.41, 5.74) is 2.38. The van der Waals surface area contributed by atoms with E-state index in [1.165, 1.54) is 5.56 Å². The van der Waals surface area contributed by atoms with Crippen molar-refractivity contribution in [2.75, 3.05) is 6.54 Å². The number of aromatic hydroxyl groups is 1. The molecule has 0 spiro atoms. The number of amides is 1. The van der Waals surface area contributed by atoms with Crippen molar-refractivity contribution >= 4 is 5.91 Å². The van der Waals surface area contributed by atoms with E-state index in [2.05, 4.69) is 15.0 Å². The summed E-state index contributed by atoms with van der Waals surface area (Å²) in [5.74, 6) is 0.787. The molecule has 0 aliphatic carbocycles. The molecule has 6 heteroatoms. The van der Waals surface area contributed by atoms with Gasteiger partial charge in [-0.1, -0.05) is 18.2 Å². The van der Waals surface area contributed by atoms with Crippen LogP contribution in [0.4, 0.5) is 0 Å². The van der Waals surface area contributed by atoms with E-state index in [-0.39, 0.29) is 17.7 Å². The number of carbonyl (C=O) groups excluding carboxylic acids is 1. The number of phenols is 1. The molecular weight excluding hydrogens is 364 g/mol. The first kappa shape index (κ1) is 19.1. The summed E-state index contributed by atoms with van der Waals surface area (Å²) < 4.78 is 0. The molecular formula is C23H24N4O2. The summed E-state index contributed by atoms with van der Waals surface area (Å²) in [6.45, 7) is 0.765. The van der Waals surface area contributed by atoms with Crippen LogP contribution in [-0.4, -0.2) is 43.5 Å². The first-order chi connectivity index (χ1) is 14.2. The lowest BCUT2D eigenvalue weighted by Crippen LogP contribution is -2.44. The van der Waals surface area contributed by atoms with Gasteiger partial charge >= 0.3 is 0 Å². The predicted octanol–water partition coefficient (Wildman–Crippen LogP) is 3.87. The number of pyridine rings is 1. The Hall–Kier alpha value is -3.28. The summed E-state index contributed by atoms with van der Waals surface area (Å²) in [7, 11) is 0. The van der Waals surface area contributed by atoms with E-state index in [0.29, 0.717) is 17.1 Å². The zero-order valence-corrected chi connectivity index (χ0v) is 16.2. The summed E-state index contributed by atoms with van der Waals surface area (Å²) in [6, 6.07) is 13.1. The van der Waals surface area contributed by atoms with E-state index in [1.807, 2.05) is 35.2 Å². The van der Waals surface area contributed by atoms with Gasteiger partial charge in [-0.2, -0.15) is 0 Å². The van der Waals surface area contributed by atoms with Crippen molar-refractivity contribution in [1.82, 2.24) is 19.9 Å². The summed E-state index contributed by atoms with van der Waals surface area (Å²) in [6.07, 6.45) is 9.86. The molecule has 1 amide bonds. The molecule has 29 heavy (non-hydrogen) atoms. The van der Waals surface area contributed by atoms with Crippen molar-refractivity contribution in [3.05, 3.63) is 72.2 Å². The molecule has 1 aliphatic heterocycles. The minimum absolute atomic E-state index is 0.00650. The van der Waals surface area contributed by atoms with E-state index < -0.39 is 0 Å². The minimum atomic E-state index is -0.00650. The van der Waals surface area contributed by atoms with Gasteiger partial charge in [-0.25, -0.2) is 9.97 Å². The number of benzene rings is 1. The van der Waals surface area contributed by atoms with Crippen molar-refractivity contribution in [3.8, 4) is 17.3 Å². The molecule has 1 aliphatic rings. The second kappa shape index (κ2) is 8.82. The van der Waals surface area contributed by atoms with Crippen molar-refractivity contribution < 1.29 is 9.90 Å². The Labute approximate surface area is 170 Å². The first-order valence-corrected chi connectivity index (χ1v) is 10.0. The maximum Gasteiger partial charge on any atom is 0.257 e. The largest absolute Gasteiger partial charge is 0.508 e. The predicted molar refractivity (Wildman–Crippen MR) is 110 cm³/mol. The second-order valence-corrected chi connectivity index (χ2v) is 7.36. The maximum atomic E-state index is 13.1. The molecule has 1 N–H and O–H groups in total. The Kier molecular flexibility index (Phi) is 5.79. The van der Waals surface area contributed by atoms with E-state index in [1.54, 1.807) is 30.7 Å². The monoisotopic (exact) mass is 388 g/mol. The summed E-state index contributed by atoms with van der Waals surface area (Å²) in [4.78, 5) is 28.0. The summed E-state index contributed by atoms with van der Waals surface area (Å²) >= 11 is 0. The van der Waals surface area contributed by atoms with Gasteiger partial charge in [0.15, 0.2) is 5.82 Å². The van der Waals surface area contributed by atoms with Gasteiger partial charge in [-0.05, 0) is 61.9 Å². The molecule has 3 heterocycles. The van der Waals surface area contributed by atoms with Gasteiger partial charge in [0.1, 0.15) is 11.4 Å². The van der Waals surface area contributed by atoms with E-state index in [0.717, 1.165) is 38.6 Å². The van der Waals surface area contributed by atoms with Gasteiger partial charge in [-0.3, -0.25) is 9.78 Å². The maximum absolute atomic E-state index is 13.1. The molecule has 2 aromatic heterocycles. The van der Waals surface area contributed by atoms with E-state index >= 15 is 0 Å². The standard InChI is InChI=1S/C23H24N4O2/c28-20-11-8-17(9-12-20)7-10-19-5-2-4-14-27(19)23(29)18-15-25-22(26-16-18)21-6-1-3-13-24-21/h1,3,6,8-9,11-13,15-16,19,28H,2,4-5,7,10,14H2/t19-/m0/s1. The number of hydrogen-bond acceptors (Lipinski definition) is 5. The molecule has 0 saturated carbocycles. The van der Waals surface area contributed by atoms with Crippen molar-refractivity contribution in [1.29, 1.82) is 0 Å². The van der Waals surface area contributed by atoms with Gasteiger partial charge in [-0.15, -0.1) is 0 Å². The van der Waals surface area contributed by atoms with Crippen LogP contribution < -0.4 is 0 Å². The molecule has 1 atom stereocenters. The average molecular weight is 388 g/mol. The van der Waals surface area contributed by atoms with Gasteiger partial charge in [0.2, 0.25) is 0 Å². The van der Waals surface area contributed by atoms with Crippen LogP contribution in [0, 0.1) is 0 Å². The molecule has 3 aromatic rings. The SMILES string of the molecule is O=C(c1cnc(-c2ccccn2)nc1)N1CCCC[C@H]1CCc1ccc(O)cc1. The quantitative estimate of drug-likeness (QED) is 0.718. The number of likely N-dealkylation sites (tertiary alicyclic amines) is 1. The molecule has 1 saturated heterocycles. The number of hydrogen-bond donors (Lipinski definition) is 1. The topological polar surface area (TPSA) is 79.2 Å². The fourth-order valence-corrected chi connectivity index (χ4v) is 3.80. The number of phenolic OH excluding ortho intramolecular Hbond substituents is 1. The molecule has 0 unspecified atom stereocenters. The lowest BCUT2D eigenvalue weighted by molar-refractivity contribution is 0.0601. The van der Waals surface area contributed by atoms with Crippen LogP contribution >= 0.6 is 0 Å². The lowest BCUT2D eigenvalue weighted by Gasteiger charge is -2.36. The zero-order valence-electron chi connectivity index (χ0n) is 16.2. The smallest absolute Gasteiger partial charge is 0.257 e. The number of rotatable bonds is 5. The highest BCUT2D eigenvalue weighted by molar-refractivity contribution is 5.94. The average Bonchev–Trinajstić information content (AvgIpc) is 2.79. The number of aromatic nitrogens is 3. The molecule has 1 aromatic carbocycles. The van der Waals surface area contributed by atoms with Crippen LogP contribution in [0.15, 0.2) is 61.1 Å². The van der Waals surface area contributed by atoms with Crippen molar-refractivity contribution in [2.45, 2.75) is 38.1 Å². The van der Waals surface area contributed by atoms with Crippen LogP contribution in [-0.2, 0) is 6.42 Å². The summed E-state index contributed by atoms with van der Waals surface area (Å²) in [5, 5.41) is 9.44. The normalized spacial score (nSPS) is 16.6. The highest BCUT2D eigenvalue weighted by atomic mass is 16.3. The highest BCUT2D eigenvalue weighted by Crippen LogP contribution is 2.24. The Morgan fingerprint density at radius 3 is 2.55 bits per heavy atom. The number of carbonyl (C=O) groups is 1. The van der Waals surface area contributed by atoms with Crippen molar-refractivity contribution in [2.24, 2.45) is 0 Å². The third-order valence-electron chi connectivity index (χ3n) is 5.38. The van der Waals surface area contributed by atoms with Crippen LogP contribution in [0.5, 0.6) is 5.75 Å². The molecule has 0 radical (unpaired) electrons. The van der Waals surface area contributed by atoms with E-state index in [4.69, 9.17) is 0 Å². The zero-order chi connectivity index (χ0) is 20.1. The minimum Gasteiger partial charge on any atom is -0.508 e. The second-order valence-electron chi connectivity index (χ2n) is 7.36. The Morgan fingerprint density at radius 1 is 1.03 bits per heavy atom. The number of nitrogens with zero attached hydrogens (tertiary/aromatic N) is 4. The Bertz CT molecular complexity index is 943. The Balaban J connectivity index is 1.44. The number of aryl methyl sites for hydroxylation is 1.